The minimum Gasteiger partial charge on any atom is -0.490 e. The maximum atomic E-state index is 13.0. The predicted octanol–water partition coefficient (Wildman–Crippen LogP) is 4.88. The molecule has 7 nitrogen and oxygen atoms in total. The van der Waals surface area contributed by atoms with E-state index < -0.39 is 17.8 Å². The Labute approximate surface area is 205 Å². The molecule has 0 unspecified atom stereocenters. The lowest BCUT2D eigenvalue weighted by molar-refractivity contribution is -0.122. The Hall–Kier alpha value is -3.91. The van der Waals surface area contributed by atoms with Gasteiger partial charge in [0, 0.05) is 4.47 Å². The van der Waals surface area contributed by atoms with E-state index in [1.54, 1.807) is 48.5 Å². The number of nitrogens with zero attached hydrogens (tertiary/aromatic N) is 1. The normalized spacial score (nSPS) is 14.8. The van der Waals surface area contributed by atoms with Gasteiger partial charge in [0.15, 0.2) is 0 Å². The van der Waals surface area contributed by atoms with Crippen molar-refractivity contribution in [2.24, 2.45) is 0 Å². The lowest BCUT2D eigenvalue weighted by atomic mass is 10.1. The Morgan fingerprint density at radius 2 is 1.56 bits per heavy atom. The van der Waals surface area contributed by atoms with Gasteiger partial charge in [-0.3, -0.25) is 14.9 Å². The molecular weight excluding hydrogens is 500 g/mol. The number of carbonyl (C=O) groups excluding carboxylic acids is 3. The standard InChI is InChI=1S/C26H21BrN2O5/c1-17-5-11-21(12-6-17)33-13-14-34-22-4-2-3-18(15-22)16-23-24(30)28-26(32)29(25(23)31)20-9-7-19(27)8-10-20/h2-12,15-16H,13-14H2,1H3,(H,28,30,32)/b23-16-. The molecule has 0 aromatic heterocycles. The van der Waals surface area contributed by atoms with Crippen LogP contribution in [0.3, 0.4) is 0 Å². The molecule has 0 saturated carbocycles. The maximum absolute atomic E-state index is 13.0. The van der Waals surface area contributed by atoms with E-state index in [1.165, 1.54) is 6.08 Å². The summed E-state index contributed by atoms with van der Waals surface area (Å²) in [5.41, 5.74) is 1.95. The highest BCUT2D eigenvalue weighted by atomic mass is 79.9. The van der Waals surface area contributed by atoms with E-state index in [0.717, 1.165) is 20.7 Å². The fourth-order valence-corrected chi connectivity index (χ4v) is 3.56. The van der Waals surface area contributed by atoms with E-state index in [-0.39, 0.29) is 5.57 Å². The van der Waals surface area contributed by atoms with Gasteiger partial charge < -0.3 is 9.47 Å². The highest BCUT2D eigenvalue weighted by molar-refractivity contribution is 9.10. The fourth-order valence-electron chi connectivity index (χ4n) is 3.30. The molecule has 172 valence electrons. The number of aryl methyl sites for hydroxylation is 1. The summed E-state index contributed by atoms with van der Waals surface area (Å²) in [6.07, 6.45) is 1.44. The van der Waals surface area contributed by atoms with Crippen LogP contribution >= 0.6 is 15.9 Å². The molecule has 1 heterocycles. The third-order valence-electron chi connectivity index (χ3n) is 5.00. The van der Waals surface area contributed by atoms with Crippen molar-refractivity contribution in [2.45, 2.75) is 6.92 Å². The van der Waals surface area contributed by atoms with Crippen molar-refractivity contribution in [3.63, 3.8) is 0 Å². The van der Waals surface area contributed by atoms with Gasteiger partial charge >= 0.3 is 6.03 Å². The first-order chi connectivity index (χ1) is 16.4. The number of hydrogen-bond donors (Lipinski definition) is 1. The molecule has 3 aromatic rings. The van der Waals surface area contributed by atoms with E-state index in [4.69, 9.17) is 9.47 Å². The summed E-state index contributed by atoms with van der Waals surface area (Å²) in [5, 5.41) is 2.22. The number of imide groups is 2. The van der Waals surface area contributed by atoms with Gasteiger partial charge in [0.25, 0.3) is 11.8 Å². The number of rotatable bonds is 7. The average Bonchev–Trinajstić information content (AvgIpc) is 2.82. The molecule has 1 aliphatic rings. The molecule has 1 fully saturated rings. The highest BCUT2D eigenvalue weighted by Crippen LogP contribution is 2.24. The molecule has 0 bridgehead atoms. The molecule has 0 spiro atoms. The largest absolute Gasteiger partial charge is 0.490 e. The van der Waals surface area contributed by atoms with Crippen LogP contribution < -0.4 is 19.7 Å². The Balaban J connectivity index is 1.44. The van der Waals surface area contributed by atoms with Crippen molar-refractivity contribution in [3.05, 3.63) is 94.0 Å². The Morgan fingerprint density at radius 3 is 2.26 bits per heavy atom. The van der Waals surface area contributed by atoms with E-state index >= 15 is 0 Å². The summed E-state index contributed by atoms with van der Waals surface area (Å²) < 4.78 is 12.2. The maximum Gasteiger partial charge on any atom is 0.335 e. The summed E-state index contributed by atoms with van der Waals surface area (Å²) in [5.74, 6) is -0.124. The molecule has 0 radical (unpaired) electrons. The second-order valence-electron chi connectivity index (χ2n) is 7.52. The van der Waals surface area contributed by atoms with Crippen LogP contribution in [-0.4, -0.2) is 31.1 Å². The van der Waals surface area contributed by atoms with Gasteiger partial charge in [-0.1, -0.05) is 45.8 Å². The van der Waals surface area contributed by atoms with Gasteiger partial charge in [0.1, 0.15) is 30.3 Å². The van der Waals surface area contributed by atoms with Crippen LogP contribution in [0.5, 0.6) is 11.5 Å². The molecular formula is C26H21BrN2O5. The molecule has 4 rings (SSSR count). The zero-order chi connectivity index (χ0) is 24.1. The van der Waals surface area contributed by atoms with Crippen LogP contribution in [0, 0.1) is 6.92 Å². The van der Waals surface area contributed by atoms with Gasteiger partial charge in [0.05, 0.1) is 5.69 Å². The fraction of sp³-hybridized carbons (Fsp3) is 0.115. The summed E-state index contributed by atoms with van der Waals surface area (Å²) in [7, 11) is 0. The number of ether oxygens (including phenoxy) is 2. The Morgan fingerprint density at radius 1 is 0.882 bits per heavy atom. The van der Waals surface area contributed by atoms with Crippen LogP contribution in [0.25, 0.3) is 6.08 Å². The molecule has 34 heavy (non-hydrogen) atoms. The minimum atomic E-state index is -0.792. The van der Waals surface area contributed by atoms with Gasteiger partial charge in [0.2, 0.25) is 0 Å². The van der Waals surface area contributed by atoms with Crippen LogP contribution in [0.2, 0.25) is 0 Å². The van der Waals surface area contributed by atoms with Crippen LogP contribution in [0.1, 0.15) is 11.1 Å². The Kier molecular flexibility index (Phi) is 7.08. The quantitative estimate of drug-likeness (QED) is 0.272. The summed E-state index contributed by atoms with van der Waals surface area (Å²) in [6, 6.07) is 20.6. The van der Waals surface area contributed by atoms with Crippen molar-refractivity contribution < 1.29 is 23.9 Å². The van der Waals surface area contributed by atoms with Gasteiger partial charge in [-0.25, -0.2) is 9.69 Å². The van der Waals surface area contributed by atoms with Crippen molar-refractivity contribution in [1.29, 1.82) is 0 Å². The second-order valence-corrected chi connectivity index (χ2v) is 8.43. The van der Waals surface area contributed by atoms with Gasteiger partial charge in [-0.2, -0.15) is 0 Å². The topological polar surface area (TPSA) is 84.9 Å². The first-order valence-corrected chi connectivity index (χ1v) is 11.3. The smallest absolute Gasteiger partial charge is 0.335 e. The van der Waals surface area contributed by atoms with E-state index in [1.807, 2.05) is 31.2 Å². The molecule has 3 aromatic carbocycles. The van der Waals surface area contributed by atoms with E-state index in [9.17, 15) is 14.4 Å². The first kappa shape index (κ1) is 23.3. The van der Waals surface area contributed by atoms with Crippen molar-refractivity contribution >= 4 is 45.5 Å². The number of urea groups is 1. The molecule has 1 saturated heterocycles. The van der Waals surface area contributed by atoms with Crippen molar-refractivity contribution in [1.82, 2.24) is 5.32 Å². The Bertz CT molecular complexity index is 1250. The number of barbiturate groups is 1. The number of halogens is 1. The molecule has 1 N–H and O–H groups in total. The molecule has 4 amide bonds. The number of amides is 4. The summed E-state index contributed by atoms with van der Waals surface area (Å²) >= 11 is 3.32. The first-order valence-electron chi connectivity index (χ1n) is 10.5. The van der Waals surface area contributed by atoms with E-state index in [2.05, 4.69) is 21.2 Å². The van der Waals surface area contributed by atoms with Gasteiger partial charge in [-0.15, -0.1) is 0 Å². The van der Waals surface area contributed by atoms with Crippen molar-refractivity contribution in [2.75, 3.05) is 18.1 Å². The second kappa shape index (κ2) is 10.4. The van der Waals surface area contributed by atoms with Crippen LogP contribution in [0.4, 0.5) is 10.5 Å². The summed E-state index contributed by atoms with van der Waals surface area (Å²) in [6.45, 7) is 2.69. The molecule has 1 aliphatic heterocycles. The summed E-state index contributed by atoms with van der Waals surface area (Å²) in [4.78, 5) is 38.7. The highest BCUT2D eigenvalue weighted by Gasteiger charge is 2.36. The SMILES string of the molecule is Cc1ccc(OCCOc2cccc(/C=C3/C(=O)NC(=O)N(c4ccc(Br)cc4)C3=O)c2)cc1. The lowest BCUT2D eigenvalue weighted by Gasteiger charge is -2.26. The monoisotopic (exact) mass is 520 g/mol. The molecule has 0 atom stereocenters. The average molecular weight is 521 g/mol. The third-order valence-corrected chi connectivity index (χ3v) is 5.53. The van der Waals surface area contributed by atoms with Crippen LogP contribution in [0.15, 0.2) is 82.8 Å². The number of anilines is 1. The minimum absolute atomic E-state index is 0.151. The van der Waals surface area contributed by atoms with Crippen molar-refractivity contribution in [3.8, 4) is 11.5 Å². The number of benzene rings is 3. The predicted molar refractivity (Wildman–Crippen MR) is 132 cm³/mol. The number of hydrogen-bond acceptors (Lipinski definition) is 5. The third kappa shape index (κ3) is 5.52. The molecule has 8 heteroatoms. The zero-order valence-corrected chi connectivity index (χ0v) is 19.9. The van der Waals surface area contributed by atoms with Gasteiger partial charge in [-0.05, 0) is 67.1 Å². The van der Waals surface area contributed by atoms with Crippen LogP contribution in [-0.2, 0) is 9.59 Å². The number of nitrogens with one attached hydrogen (secondary N) is 1. The molecule has 0 aliphatic carbocycles. The van der Waals surface area contributed by atoms with E-state index in [0.29, 0.717) is 30.2 Å². The zero-order valence-electron chi connectivity index (χ0n) is 18.3. The number of carbonyl (C=O) groups is 3. The lowest BCUT2D eigenvalue weighted by Crippen LogP contribution is -2.54.